The highest BCUT2D eigenvalue weighted by Gasteiger charge is 2.55. The van der Waals surface area contributed by atoms with Gasteiger partial charge in [-0.15, -0.1) is 11.6 Å². The molecule has 0 bridgehead atoms. The van der Waals surface area contributed by atoms with Crippen LogP contribution in [0.4, 0.5) is 5.69 Å². The largest absolute Gasteiger partial charge is 0.491 e. The Labute approximate surface area is 112 Å². The van der Waals surface area contributed by atoms with Crippen molar-refractivity contribution in [2.75, 3.05) is 5.32 Å². The van der Waals surface area contributed by atoms with Crippen molar-refractivity contribution in [3.05, 3.63) is 24.3 Å². The third kappa shape index (κ3) is 2.78. The van der Waals surface area contributed by atoms with Crippen molar-refractivity contribution in [1.29, 1.82) is 0 Å². The second-order valence-electron chi connectivity index (χ2n) is 5.23. The minimum absolute atomic E-state index is 0.0139. The zero-order valence-corrected chi connectivity index (χ0v) is 11.6. The van der Waals surface area contributed by atoms with E-state index < -0.39 is 5.41 Å². The molecular formula is C14H18ClNO2. The van der Waals surface area contributed by atoms with Gasteiger partial charge < -0.3 is 10.1 Å². The molecule has 0 radical (unpaired) electrons. The average Bonchev–Trinajstić information content (AvgIpc) is 2.90. The molecule has 2 atom stereocenters. The van der Waals surface area contributed by atoms with Crippen molar-refractivity contribution in [2.45, 2.75) is 38.7 Å². The first-order valence-corrected chi connectivity index (χ1v) is 6.58. The summed E-state index contributed by atoms with van der Waals surface area (Å²) in [5, 5.41) is 2.84. The Kier molecular flexibility index (Phi) is 3.53. The van der Waals surface area contributed by atoms with Crippen molar-refractivity contribution in [3.8, 4) is 5.75 Å². The van der Waals surface area contributed by atoms with Crippen LogP contribution < -0.4 is 10.1 Å². The molecule has 1 amide bonds. The van der Waals surface area contributed by atoms with Gasteiger partial charge in [0.25, 0.3) is 0 Å². The van der Waals surface area contributed by atoms with Gasteiger partial charge in [0.1, 0.15) is 5.75 Å². The molecule has 0 aromatic heterocycles. The van der Waals surface area contributed by atoms with E-state index in [0.717, 1.165) is 17.9 Å². The quantitative estimate of drug-likeness (QED) is 0.849. The third-order valence-corrected chi connectivity index (χ3v) is 3.77. The Morgan fingerprint density at radius 2 is 2.00 bits per heavy atom. The highest BCUT2D eigenvalue weighted by atomic mass is 35.5. The molecule has 1 aliphatic rings. The van der Waals surface area contributed by atoms with E-state index in [9.17, 15) is 4.79 Å². The lowest BCUT2D eigenvalue weighted by atomic mass is 10.1. The zero-order chi connectivity index (χ0) is 13.3. The summed E-state index contributed by atoms with van der Waals surface area (Å²) in [4.78, 5) is 11.9. The highest BCUT2D eigenvalue weighted by Crippen LogP contribution is 2.50. The lowest BCUT2D eigenvalue weighted by Gasteiger charge is -2.12. The predicted octanol–water partition coefficient (Wildman–Crippen LogP) is 3.43. The first-order chi connectivity index (χ1) is 8.41. The van der Waals surface area contributed by atoms with E-state index in [1.54, 1.807) is 0 Å². The topological polar surface area (TPSA) is 38.3 Å². The summed E-state index contributed by atoms with van der Waals surface area (Å²) in [7, 11) is 0. The van der Waals surface area contributed by atoms with Gasteiger partial charge >= 0.3 is 0 Å². The number of benzene rings is 1. The van der Waals surface area contributed by atoms with E-state index >= 15 is 0 Å². The van der Waals surface area contributed by atoms with Crippen molar-refractivity contribution >= 4 is 23.2 Å². The predicted molar refractivity (Wildman–Crippen MR) is 73.2 cm³/mol. The molecular weight excluding hydrogens is 250 g/mol. The number of carbonyl (C=O) groups excluding carboxylic acids is 1. The van der Waals surface area contributed by atoms with Gasteiger partial charge in [0, 0.05) is 11.1 Å². The second-order valence-corrected chi connectivity index (χ2v) is 5.76. The normalized spacial score (nSPS) is 25.9. The molecule has 1 fully saturated rings. The van der Waals surface area contributed by atoms with Gasteiger partial charge in [-0.3, -0.25) is 4.79 Å². The van der Waals surface area contributed by atoms with Crippen LogP contribution in [0, 0.1) is 5.41 Å². The summed E-state index contributed by atoms with van der Waals surface area (Å²) in [6.07, 6.45) is 0.891. The van der Waals surface area contributed by atoms with E-state index in [2.05, 4.69) is 5.32 Å². The molecule has 1 N–H and O–H groups in total. The first-order valence-electron chi connectivity index (χ1n) is 6.14. The first kappa shape index (κ1) is 13.2. The highest BCUT2D eigenvalue weighted by molar-refractivity contribution is 6.26. The Hall–Kier alpha value is -1.22. The Morgan fingerprint density at radius 1 is 1.44 bits per heavy atom. The molecule has 4 heteroatoms. The van der Waals surface area contributed by atoms with Crippen LogP contribution in [0.2, 0.25) is 0 Å². The summed E-state index contributed by atoms with van der Waals surface area (Å²) in [6, 6.07) is 7.38. The number of nitrogens with one attached hydrogen (secondary N) is 1. The molecule has 2 rings (SSSR count). The van der Waals surface area contributed by atoms with Gasteiger partial charge in [0.05, 0.1) is 11.5 Å². The number of anilines is 1. The molecule has 1 saturated carbocycles. The standard InChI is InChI=1S/C14H18ClNO2/c1-9(2)18-11-6-4-10(5-7-11)16-13(17)14(3)8-12(14)15/h4-7,9,12H,8H2,1-3H3,(H,16,17). The lowest BCUT2D eigenvalue weighted by molar-refractivity contribution is -0.120. The molecule has 0 aliphatic heterocycles. The monoisotopic (exact) mass is 267 g/mol. The Bertz CT molecular complexity index is 444. The van der Waals surface area contributed by atoms with Gasteiger partial charge in [-0.1, -0.05) is 0 Å². The van der Waals surface area contributed by atoms with Crippen molar-refractivity contribution < 1.29 is 9.53 Å². The van der Waals surface area contributed by atoms with Crippen LogP contribution in [0.15, 0.2) is 24.3 Å². The number of halogens is 1. The fourth-order valence-electron chi connectivity index (χ4n) is 1.71. The van der Waals surface area contributed by atoms with E-state index in [0.29, 0.717) is 0 Å². The fraction of sp³-hybridized carbons (Fsp3) is 0.500. The van der Waals surface area contributed by atoms with Crippen LogP contribution in [0.1, 0.15) is 27.2 Å². The third-order valence-electron chi connectivity index (χ3n) is 3.14. The van der Waals surface area contributed by atoms with Crippen LogP contribution in [0.5, 0.6) is 5.75 Å². The van der Waals surface area contributed by atoms with E-state index in [-0.39, 0.29) is 17.4 Å². The molecule has 98 valence electrons. The number of carbonyl (C=O) groups is 1. The van der Waals surface area contributed by atoms with Crippen molar-refractivity contribution in [2.24, 2.45) is 5.41 Å². The Morgan fingerprint density at radius 3 is 2.44 bits per heavy atom. The molecule has 0 spiro atoms. The number of hydrogen-bond donors (Lipinski definition) is 1. The smallest absolute Gasteiger partial charge is 0.231 e. The van der Waals surface area contributed by atoms with Crippen LogP contribution in [0.3, 0.4) is 0 Å². The number of alkyl halides is 1. The SMILES string of the molecule is CC(C)Oc1ccc(NC(=O)C2(C)CC2Cl)cc1. The van der Waals surface area contributed by atoms with Gasteiger partial charge in [0.15, 0.2) is 0 Å². The molecule has 1 aromatic carbocycles. The van der Waals surface area contributed by atoms with Crippen LogP contribution in [-0.2, 0) is 4.79 Å². The number of ether oxygens (including phenoxy) is 1. The fourth-order valence-corrected chi connectivity index (χ4v) is 2.13. The van der Waals surface area contributed by atoms with Crippen LogP contribution in [-0.4, -0.2) is 17.4 Å². The lowest BCUT2D eigenvalue weighted by Crippen LogP contribution is -2.23. The van der Waals surface area contributed by atoms with Crippen molar-refractivity contribution in [3.63, 3.8) is 0 Å². The minimum atomic E-state index is -0.408. The molecule has 2 unspecified atom stereocenters. The van der Waals surface area contributed by atoms with E-state index in [1.807, 2.05) is 45.0 Å². The number of rotatable bonds is 4. The maximum atomic E-state index is 11.9. The van der Waals surface area contributed by atoms with Crippen molar-refractivity contribution in [1.82, 2.24) is 0 Å². The van der Waals surface area contributed by atoms with Gasteiger partial charge in [-0.05, 0) is 51.5 Å². The minimum Gasteiger partial charge on any atom is -0.491 e. The maximum absolute atomic E-state index is 11.9. The average molecular weight is 268 g/mol. The van der Waals surface area contributed by atoms with E-state index in [1.165, 1.54) is 0 Å². The summed E-state index contributed by atoms with van der Waals surface area (Å²) in [5.74, 6) is 0.788. The molecule has 18 heavy (non-hydrogen) atoms. The summed E-state index contributed by atoms with van der Waals surface area (Å²) >= 11 is 5.96. The zero-order valence-electron chi connectivity index (χ0n) is 10.9. The van der Waals surface area contributed by atoms with Crippen LogP contribution in [0.25, 0.3) is 0 Å². The second kappa shape index (κ2) is 4.81. The number of hydrogen-bond acceptors (Lipinski definition) is 2. The molecule has 1 aliphatic carbocycles. The summed E-state index contributed by atoms with van der Waals surface area (Å²) < 4.78 is 5.54. The number of amides is 1. The maximum Gasteiger partial charge on any atom is 0.231 e. The summed E-state index contributed by atoms with van der Waals surface area (Å²) in [5.41, 5.74) is 0.363. The van der Waals surface area contributed by atoms with Gasteiger partial charge in [-0.2, -0.15) is 0 Å². The van der Waals surface area contributed by atoms with E-state index in [4.69, 9.17) is 16.3 Å². The van der Waals surface area contributed by atoms with Crippen LogP contribution >= 0.6 is 11.6 Å². The molecule has 0 saturated heterocycles. The molecule has 0 heterocycles. The van der Waals surface area contributed by atoms with Gasteiger partial charge in [-0.25, -0.2) is 0 Å². The summed E-state index contributed by atoms with van der Waals surface area (Å²) in [6.45, 7) is 5.84. The molecule has 1 aromatic rings. The molecule has 3 nitrogen and oxygen atoms in total. The van der Waals surface area contributed by atoms with Gasteiger partial charge in [0.2, 0.25) is 5.91 Å². The Balaban J connectivity index is 1.96.